The molecule has 0 atom stereocenters. The second kappa shape index (κ2) is 5.65. The van der Waals surface area contributed by atoms with Crippen LogP contribution in [0.25, 0.3) is 0 Å². The monoisotopic (exact) mass is 272 g/mol. The highest BCUT2D eigenvalue weighted by molar-refractivity contribution is 6.10. The van der Waals surface area contributed by atoms with Crippen LogP contribution in [0, 0.1) is 12.7 Å². The van der Waals surface area contributed by atoms with Crippen LogP contribution in [0.15, 0.2) is 42.5 Å². The van der Waals surface area contributed by atoms with Crippen LogP contribution in [0.5, 0.6) is 0 Å². The summed E-state index contributed by atoms with van der Waals surface area (Å²) in [5, 5.41) is 0. The van der Waals surface area contributed by atoms with E-state index >= 15 is 0 Å². The third kappa shape index (κ3) is 2.74. The van der Waals surface area contributed by atoms with Gasteiger partial charge in [0.2, 0.25) is 0 Å². The zero-order chi connectivity index (χ0) is 14.7. The molecule has 0 heterocycles. The van der Waals surface area contributed by atoms with E-state index in [2.05, 4.69) is 4.74 Å². The maximum absolute atomic E-state index is 13.2. The second-order valence-electron chi connectivity index (χ2n) is 4.36. The van der Waals surface area contributed by atoms with Crippen molar-refractivity contribution in [2.24, 2.45) is 0 Å². The Morgan fingerprint density at radius 3 is 2.20 bits per heavy atom. The lowest BCUT2D eigenvalue weighted by atomic mass is 9.98. The molecule has 0 aliphatic carbocycles. The van der Waals surface area contributed by atoms with E-state index in [4.69, 9.17) is 0 Å². The fourth-order valence-corrected chi connectivity index (χ4v) is 1.87. The lowest BCUT2D eigenvalue weighted by Gasteiger charge is -2.06. The normalized spacial score (nSPS) is 10.2. The Morgan fingerprint density at radius 1 is 1.00 bits per heavy atom. The Hall–Kier alpha value is -2.49. The second-order valence-corrected chi connectivity index (χ2v) is 4.36. The first-order chi connectivity index (χ1) is 9.52. The summed E-state index contributed by atoms with van der Waals surface area (Å²) in [5.74, 6) is -1.20. The van der Waals surface area contributed by atoms with E-state index in [0.29, 0.717) is 22.3 Å². The fraction of sp³-hybridized carbons (Fsp3) is 0.125. The predicted molar refractivity (Wildman–Crippen MR) is 72.4 cm³/mol. The Bertz CT molecular complexity index is 660. The summed E-state index contributed by atoms with van der Waals surface area (Å²) >= 11 is 0. The SMILES string of the molecule is COC(=O)c1ccc(C(=O)c2cc(F)ccc2C)cc1. The van der Waals surface area contributed by atoms with Crippen LogP contribution in [-0.4, -0.2) is 18.9 Å². The molecule has 2 aromatic carbocycles. The van der Waals surface area contributed by atoms with Gasteiger partial charge in [0.05, 0.1) is 12.7 Å². The maximum atomic E-state index is 13.2. The number of carbonyl (C=O) groups is 2. The van der Waals surface area contributed by atoms with Crippen LogP contribution in [0.3, 0.4) is 0 Å². The minimum Gasteiger partial charge on any atom is -0.465 e. The lowest BCUT2D eigenvalue weighted by molar-refractivity contribution is 0.0600. The molecule has 20 heavy (non-hydrogen) atoms. The molecule has 0 saturated heterocycles. The minimum absolute atomic E-state index is 0.279. The van der Waals surface area contributed by atoms with Gasteiger partial charge in [0.25, 0.3) is 0 Å². The summed E-state index contributed by atoms with van der Waals surface area (Å²) in [5.41, 5.74) is 1.77. The van der Waals surface area contributed by atoms with Crippen molar-refractivity contribution < 1.29 is 18.7 Å². The summed E-state index contributed by atoms with van der Waals surface area (Å²) in [6, 6.07) is 10.2. The zero-order valence-corrected chi connectivity index (χ0v) is 11.1. The molecule has 4 heteroatoms. The molecule has 2 aromatic rings. The van der Waals surface area contributed by atoms with E-state index < -0.39 is 11.8 Å². The van der Waals surface area contributed by atoms with E-state index in [1.807, 2.05) is 0 Å². The Balaban J connectivity index is 2.34. The summed E-state index contributed by atoms with van der Waals surface area (Å²) in [6.07, 6.45) is 0. The molecule has 0 spiro atoms. The lowest BCUT2D eigenvalue weighted by Crippen LogP contribution is -2.06. The number of hydrogen-bond acceptors (Lipinski definition) is 3. The van der Waals surface area contributed by atoms with Crippen molar-refractivity contribution in [1.82, 2.24) is 0 Å². The molecule has 0 unspecified atom stereocenters. The van der Waals surface area contributed by atoms with Gasteiger partial charge in [-0.05, 0) is 36.8 Å². The van der Waals surface area contributed by atoms with Crippen LogP contribution in [0.2, 0.25) is 0 Å². The van der Waals surface area contributed by atoms with Crippen molar-refractivity contribution >= 4 is 11.8 Å². The van der Waals surface area contributed by atoms with E-state index in [1.54, 1.807) is 13.0 Å². The zero-order valence-electron chi connectivity index (χ0n) is 11.1. The van der Waals surface area contributed by atoms with Crippen LogP contribution in [0.1, 0.15) is 31.8 Å². The molecule has 0 aliphatic heterocycles. The van der Waals surface area contributed by atoms with Gasteiger partial charge in [0.1, 0.15) is 5.82 Å². The number of hydrogen-bond donors (Lipinski definition) is 0. The minimum atomic E-state index is -0.467. The number of aryl methyl sites for hydroxylation is 1. The van der Waals surface area contributed by atoms with E-state index in [1.165, 1.54) is 43.5 Å². The van der Waals surface area contributed by atoms with Gasteiger partial charge in [0, 0.05) is 11.1 Å². The number of ketones is 1. The first kappa shape index (κ1) is 13.9. The van der Waals surface area contributed by atoms with Gasteiger partial charge >= 0.3 is 5.97 Å². The van der Waals surface area contributed by atoms with Crippen molar-refractivity contribution in [3.05, 3.63) is 70.5 Å². The standard InChI is InChI=1S/C16H13FO3/c1-10-3-8-13(17)9-14(10)15(18)11-4-6-12(7-5-11)16(19)20-2/h3-9H,1-2H3. The number of halogens is 1. The first-order valence-electron chi connectivity index (χ1n) is 6.02. The van der Waals surface area contributed by atoms with Crippen molar-refractivity contribution in [2.45, 2.75) is 6.92 Å². The van der Waals surface area contributed by atoms with E-state index in [9.17, 15) is 14.0 Å². The van der Waals surface area contributed by atoms with Crippen LogP contribution >= 0.6 is 0 Å². The number of methoxy groups -OCH3 is 1. The van der Waals surface area contributed by atoms with E-state index in [0.717, 1.165) is 0 Å². The van der Waals surface area contributed by atoms with Crippen molar-refractivity contribution in [3.63, 3.8) is 0 Å². The average Bonchev–Trinajstić information content (AvgIpc) is 2.48. The van der Waals surface area contributed by atoms with Crippen molar-refractivity contribution in [1.29, 1.82) is 0 Å². The molecular formula is C16H13FO3. The summed E-state index contributed by atoms with van der Waals surface area (Å²) in [7, 11) is 1.29. The molecule has 0 bridgehead atoms. The van der Waals surface area contributed by atoms with Gasteiger partial charge in [-0.2, -0.15) is 0 Å². The molecular weight excluding hydrogens is 259 g/mol. The van der Waals surface area contributed by atoms with E-state index in [-0.39, 0.29) is 5.78 Å². The quantitative estimate of drug-likeness (QED) is 0.636. The predicted octanol–water partition coefficient (Wildman–Crippen LogP) is 3.15. The third-order valence-electron chi connectivity index (χ3n) is 3.01. The summed E-state index contributed by atoms with van der Waals surface area (Å²) in [6.45, 7) is 1.75. The van der Waals surface area contributed by atoms with Crippen LogP contribution < -0.4 is 0 Å². The molecule has 102 valence electrons. The first-order valence-corrected chi connectivity index (χ1v) is 6.02. The maximum Gasteiger partial charge on any atom is 0.337 e. The van der Waals surface area contributed by atoms with Crippen molar-refractivity contribution in [3.8, 4) is 0 Å². The van der Waals surface area contributed by atoms with Crippen LogP contribution in [0.4, 0.5) is 4.39 Å². The number of benzene rings is 2. The topological polar surface area (TPSA) is 43.4 Å². The smallest absolute Gasteiger partial charge is 0.337 e. The third-order valence-corrected chi connectivity index (χ3v) is 3.01. The average molecular weight is 272 g/mol. The van der Waals surface area contributed by atoms with Gasteiger partial charge in [0.15, 0.2) is 5.78 Å². The number of esters is 1. The number of carbonyl (C=O) groups excluding carboxylic acids is 2. The number of ether oxygens (including phenoxy) is 1. The number of rotatable bonds is 3. The van der Waals surface area contributed by atoms with Gasteiger partial charge in [-0.25, -0.2) is 9.18 Å². The highest BCUT2D eigenvalue weighted by Gasteiger charge is 2.13. The molecule has 0 N–H and O–H groups in total. The Labute approximate surface area is 116 Å². The molecule has 0 amide bonds. The Morgan fingerprint density at radius 2 is 1.60 bits per heavy atom. The molecule has 3 nitrogen and oxygen atoms in total. The molecule has 0 saturated carbocycles. The molecule has 0 aliphatic rings. The van der Waals surface area contributed by atoms with Gasteiger partial charge in [-0.15, -0.1) is 0 Å². The van der Waals surface area contributed by atoms with Gasteiger partial charge < -0.3 is 4.74 Å². The van der Waals surface area contributed by atoms with Gasteiger partial charge in [-0.3, -0.25) is 4.79 Å². The largest absolute Gasteiger partial charge is 0.465 e. The summed E-state index contributed by atoms with van der Waals surface area (Å²) < 4.78 is 17.8. The summed E-state index contributed by atoms with van der Waals surface area (Å²) in [4.78, 5) is 23.6. The van der Waals surface area contributed by atoms with Gasteiger partial charge in [-0.1, -0.05) is 18.2 Å². The fourth-order valence-electron chi connectivity index (χ4n) is 1.87. The highest BCUT2D eigenvalue weighted by Crippen LogP contribution is 2.16. The van der Waals surface area contributed by atoms with Crippen molar-refractivity contribution in [2.75, 3.05) is 7.11 Å². The molecule has 0 aromatic heterocycles. The highest BCUT2D eigenvalue weighted by atomic mass is 19.1. The molecule has 0 radical (unpaired) electrons. The van der Waals surface area contributed by atoms with Crippen LogP contribution in [-0.2, 0) is 4.74 Å². The molecule has 2 rings (SSSR count). The Kier molecular flexibility index (Phi) is 3.94. The molecule has 0 fully saturated rings.